The summed E-state index contributed by atoms with van der Waals surface area (Å²) in [5.74, 6) is -3.22. The van der Waals surface area contributed by atoms with Crippen LogP contribution in [0.4, 0.5) is 8.78 Å². The Labute approximate surface area is 114 Å². The van der Waals surface area contributed by atoms with Crippen molar-refractivity contribution in [2.24, 2.45) is 5.73 Å². The van der Waals surface area contributed by atoms with E-state index in [4.69, 9.17) is 11.0 Å². The molecule has 0 aliphatic rings. The highest BCUT2D eigenvalue weighted by molar-refractivity contribution is 5.87. The Morgan fingerprint density at radius 2 is 1.95 bits per heavy atom. The molecular formula is C13H13F2N3O2. The summed E-state index contributed by atoms with van der Waals surface area (Å²) < 4.78 is 26.7. The van der Waals surface area contributed by atoms with Gasteiger partial charge in [0.25, 0.3) is 0 Å². The van der Waals surface area contributed by atoms with Gasteiger partial charge in [-0.2, -0.15) is 5.26 Å². The van der Waals surface area contributed by atoms with Crippen molar-refractivity contribution in [3.05, 3.63) is 35.4 Å². The first-order chi connectivity index (χ1) is 9.45. The third-order valence-corrected chi connectivity index (χ3v) is 2.62. The Morgan fingerprint density at radius 1 is 1.35 bits per heavy atom. The lowest BCUT2D eigenvalue weighted by molar-refractivity contribution is -0.127. The average molecular weight is 281 g/mol. The molecule has 0 fully saturated rings. The van der Waals surface area contributed by atoms with E-state index >= 15 is 0 Å². The number of nitrogens with two attached hydrogens (primary N) is 1. The van der Waals surface area contributed by atoms with Crippen molar-refractivity contribution in [1.82, 2.24) is 5.32 Å². The lowest BCUT2D eigenvalue weighted by Crippen LogP contribution is -2.45. The summed E-state index contributed by atoms with van der Waals surface area (Å²) in [6, 6.07) is 4.04. The zero-order valence-corrected chi connectivity index (χ0v) is 10.5. The molecule has 20 heavy (non-hydrogen) atoms. The van der Waals surface area contributed by atoms with Crippen molar-refractivity contribution < 1.29 is 18.4 Å². The maximum Gasteiger partial charge on any atom is 0.240 e. The summed E-state index contributed by atoms with van der Waals surface area (Å²) in [7, 11) is 0. The molecule has 0 aromatic heterocycles. The van der Waals surface area contributed by atoms with Crippen LogP contribution >= 0.6 is 0 Å². The van der Waals surface area contributed by atoms with Crippen molar-refractivity contribution in [2.75, 3.05) is 0 Å². The molecule has 0 aliphatic heterocycles. The van der Waals surface area contributed by atoms with Crippen molar-refractivity contribution in [2.45, 2.75) is 25.3 Å². The summed E-state index contributed by atoms with van der Waals surface area (Å²) in [6.07, 6.45) is -0.464. The fraction of sp³-hybridized carbons (Fsp3) is 0.308. The number of rotatable bonds is 6. The molecule has 1 aromatic carbocycles. The fourth-order valence-electron chi connectivity index (χ4n) is 1.60. The minimum atomic E-state index is -1.03. The first-order valence-corrected chi connectivity index (χ1v) is 5.84. The maximum absolute atomic E-state index is 13.4. The first kappa shape index (κ1) is 15.6. The van der Waals surface area contributed by atoms with Crippen molar-refractivity contribution >= 4 is 11.8 Å². The van der Waals surface area contributed by atoms with E-state index in [0.29, 0.717) is 0 Å². The van der Waals surface area contributed by atoms with Gasteiger partial charge < -0.3 is 11.1 Å². The quantitative estimate of drug-likeness (QED) is 0.806. The number of carbonyl (C=O) groups is 2. The molecule has 3 N–H and O–H groups in total. The monoisotopic (exact) mass is 281 g/mol. The van der Waals surface area contributed by atoms with Gasteiger partial charge >= 0.3 is 0 Å². The second-order valence-corrected chi connectivity index (χ2v) is 4.10. The molecule has 0 saturated heterocycles. The van der Waals surface area contributed by atoms with E-state index in [9.17, 15) is 18.4 Å². The standard InChI is InChI=1S/C13H13F2N3O2/c14-9-3-1-4-10(15)8(9)7-12(19)18-11(13(17)20)5-2-6-16/h1,3-4,11H,2,5,7H2,(H2,17,20)(H,18,19)/t11-/m0/s1. The summed E-state index contributed by atoms with van der Waals surface area (Å²) in [5, 5.41) is 10.7. The van der Waals surface area contributed by atoms with Gasteiger partial charge in [0, 0.05) is 12.0 Å². The van der Waals surface area contributed by atoms with E-state index in [1.165, 1.54) is 6.07 Å². The number of benzene rings is 1. The number of halogens is 2. The Hall–Kier alpha value is -2.49. The predicted octanol–water partition coefficient (Wildman–Crippen LogP) is 0.781. The van der Waals surface area contributed by atoms with Crippen LogP contribution in [0.2, 0.25) is 0 Å². The van der Waals surface area contributed by atoms with E-state index in [2.05, 4.69) is 5.32 Å². The highest BCUT2D eigenvalue weighted by Crippen LogP contribution is 2.12. The summed E-state index contributed by atoms with van der Waals surface area (Å²) in [5.41, 5.74) is 4.69. The van der Waals surface area contributed by atoms with Crippen LogP contribution < -0.4 is 11.1 Å². The van der Waals surface area contributed by atoms with E-state index in [-0.39, 0.29) is 18.4 Å². The Balaban J connectivity index is 2.71. The van der Waals surface area contributed by atoms with Crippen molar-refractivity contribution in [3.8, 4) is 6.07 Å². The lowest BCUT2D eigenvalue weighted by atomic mass is 10.1. The number of nitriles is 1. The van der Waals surface area contributed by atoms with Crippen LogP contribution in [-0.2, 0) is 16.0 Å². The SMILES string of the molecule is N#CCC[C@H](NC(=O)Cc1c(F)cccc1F)C(N)=O. The van der Waals surface area contributed by atoms with Crippen molar-refractivity contribution in [1.29, 1.82) is 5.26 Å². The van der Waals surface area contributed by atoms with Crippen LogP contribution in [0.3, 0.4) is 0 Å². The molecule has 7 heteroatoms. The fourth-order valence-corrected chi connectivity index (χ4v) is 1.60. The predicted molar refractivity (Wildman–Crippen MR) is 66.0 cm³/mol. The van der Waals surface area contributed by atoms with Gasteiger partial charge in [0.1, 0.15) is 17.7 Å². The van der Waals surface area contributed by atoms with Gasteiger partial charge in [-0.1, -0.05) is 6.07 Å². The van der Waals surface area contributed by atoms with E-state index in [1.54, 1.807) is 0 Å². The summed E-state index contributed by atoms with van der Waals surface area (Å²) in [6.45, 7) is 0. The van der Waals surface area contributed by atoms with Crippen LogP contribution in [0.5, 0.6) is 0 Å². The number of amides is 2. The number of hydrogen-bond acceptors (Lipinski definition) is 3. The number of primary amides is 1. The smallest absolute Gasteiger partial charge is 0.240 e. The second kappa shape index (κ2) is 7.19. The Morgan fingerprint density at radius 3 is 2.45 bits per heavy atom. The van der Waals surface area contributed by atoms with Gasteiger partial charge in [-0.05, 0) is 18.6 Å². The molecular weight excluding hydrogens is 268 g/mol. The third-order valence-electron chi connectivity index (χ3n) is 2.62. The van der Waals surface area contributed by atoms with E-state index < -0.39 is 35.9 Å². The molecule has 0 radical (unpaired) electrons. The van der Waals surface area contributed by atoms with Gasteiger partial charge in [0.15, 0.2) is 0 Å². The van der Waals surface area contributed by atoms with Crippen LogP contribution in [0.25, 0.3) is 0 Å². The molecule has 1 atom stereocenters. The molecule has 0 heterocycles. The van der Waals surface area contributed by atoms with Crippen LogP contribution in [0, 0.1) is 23.0 Å². The Bertz CT molecular complexity index is 535. The zero-order valence-electron chi connectivity index (χ0n) is 10.5. The average Bonchev–Trinajstić information content (AvgIpc) is 2.38. The molecule has 0 aliphatic carbocycles. The lowest BCUT2D eigenvalue weighted by Gasteiger charge is -2.14. The molecule has 2 amide bonds. The highest BCUT2D eigenvalue weighted by atomic mass is 19.1. The third kappa shape index (κ3) is 4.31. The largest absolute Gasteiger partial charge is 0.368 e. The molecule has 1 rings (SSSR count). The number of carbonyl (C=O) groups excluding carboxylic acids is 2. The molecule has 1 aromatic rings. The first-order valence-electron chi connectivity index (χ1n) is 5.84. The topological polar surface area (TPSA) is 96.0 Å². The molecule has 0 spiro atoms. The molecule has 0 saturated carbocycles. The molecule has 106 valence electrons. The highest BCUT2D eigenvalue weighted by Gasteiger charge is 2.19. The Kier molecular flexibility index (Phi) is 5.59. The normalized spacial score (nSPS) is 11.4. The van der Waals surface area contributed by atoms with Gasteiger partial charge in [-0.3, -0.25) is 9.59 Å². The van der Waals surface area contributed by atoms with Crippen LogP contribution in [0.1, 0.15) is 18.4 Å². The van der Waals surface area contributed by atoms with Crippen LogP contribution in [0.15, 0.2) is 18.2 Å². The van der Waals surface area contributed by atoms with E-state index in [0.717, 1.165) is 12.1 Å². The van der Waals surface area contributed by atoms with Gasteiger partial charge in [-0.25, -0.2) is 8.78 Å². The summed E-state index contributed by atoms with van der Waals surface area (Å²) >= 11 is 0. The van der Waals surface area contributed by atoms with Gasteiger partial charge in [-0.15, -0.1) is 0 Å². The van der Waals surface area contributed by atoms with Crippen LogP contribution in [-0.4, -0.2) is 17.9 Å². The summed E-state index contributed by atoms with van der Waals surface area (Å²) in [4.78, 5) is 22.7. The number of nitrogens with zero attached hydrogens (tertiary/aromatic N) is 1. The molecule has 0 unspecified atom stereocenters. The second-order valence-electron chi connectivity index (χ2n) is 4.10. The minimum absolute atomic E-state index is 0.0297. The molecule has 5 nitrogen and oxygen atoms in total. The van der Waals surface area contributed by atoms with Gasteiger partial charge in [0.05, 0.1) is 12.5 Å². The van der Waals surface area contributed by atoms with Gasteiger partial charge in [0.2, 0.25) is 11.8 Å². The van der Waals surface area contributed by atoms with Crippen molar-refractivity contribution in [3.63, 3.8) is 0 Å². The number of nitrogens with one attached hydrogen (secondary N) is 1. The van der Waals surface area contributed by atoms with E-state index in [1.807, 2.05) is 6.07 Å². The zero-order chi connectivity index (χ0) is 15.1. The maximum atomic E-state index is 13.4. The number of hydrogen-bond donors (Lipinski definition) is 2. The molecule has 0 bridgehead atoms. The minimum Gasteiger partial charge on any atom is -0.368 e.